The topological polar surface area (TPSA) is 137 Å². The highest BCUT2D eigenvalue weighted by molar-refractivity contribution is 5.90. The molecule has 1 aromatic rings. The molecule has 2 bridgehead atoms. The number of hydrogen-bond donors (Lipinski definition) is 3. The molecule has 53 heavy (non-hydrogen) atoms. The maximum Gasteiger partial charge on any atom is 0.506 e. The number of carbonyl (C=O) groups excluding carboxylic acids is 1. The van der Waals surface area contributed by atoms with Crippen molar-refractivity contribution in [2.75, 3.05) is 33.9 Å². The second-order valence-electron chi connectivity index (χ2n) is 20.3. The molecule has 1 aliphatic heterocycles. The summed E-state index contributed by atoms with van der Waals surface area (Å²) in [4.78, 5) is 30.2. The first-order valence-electron chi connectivity index (χ1n) is 20.2. The lowest BCUT2D eigenvalue weighted by molar-refractivity contribution is -0.257. The van der Waals surface area contributed by atoms with Crippen molar-refractivity contribution in [2.45, 2.75) is 138 Å². The van der Waals surface area contributed by atoms with Gasteiger partial charge >= 0.3 is 6.16 Å². The summed E-state index contributed by atoms with van der Waals surface area (Å²) in [6.45, 7) is 26.7. The van der Waals surface area contributed by atoms with Gasteiger partial charge < -0.3 is 30.0 Å². The molecule has 11 nitrogen and oxygen atoms in total. The molecule has 1 aromatic heterocycles. The van der Waals surface area contributed by atoms with E-state index in [1.165, 1.54) is 11.9 Å². The van der Waals surface area contributed by atoms with Gasteiger partial charge in [0.2, 0.25) is 5.82 Å². The number of ether oxygens (including phenoxy) is 3. The molecule has 3 N–H and O–H groups in total. The molecule has 298 valence electrons. The maximum absolute atomic E-state index is 13.3. The van der Waals surface area contributed by atoms with E-state index < -0.39 is 12.3 Å². The van der Waals surface area contributed by atoms with Gasteiger partial charge in [-0.15, -0.1) is 0 Å². The number of carbonyl (C=O) groups is 2. The van der Waals surface area contributed by atoms with Crippen LogP contribution >= 0.6 is 0 Å². The fraction of sp³-hybridized carbons (Fsp3) is 0.857. The van der Waals surface area contributed by atoms with Crippen molar-refractivity contribution >= 4 is 12.1 Å². The lowest BCUT2D eigenvalue weighted by atomic mass is 9.35. The minimum atomic E-state index is -1.18. The SMILES string of the molecule is CNC(=O)c1ncnn1[C@@H]1C[C@@]23COC[C@](C)([C@@H]2CC[C@H]2C3=CC[C@]3(C)[C@H](OC(=O)O)[C@@](C)([C@H](C)C(C)C)CC[C@]23C)[C@H]1OC[C@](C)(NC)C(C)(C)C. The monoisotopic (exact) mass is 740 g/mol. The van der Waals surface area contributed by atoms with Crippen molar-refractivity contribution < 1.29 is 28.9 Å². The molecule has 11 heteroatoms. The number of amides is 1. The zero-order valence-corrected chi connectivity index (χ0v) is 34.9. The van der Waals surface area contributed by atoms with Crippen molar-refractivity contribution in [2.24, 2.45) is 56.2 Å². The molecular formula is C42H69N5O6. The third kappa shape index (κ3) is 5.74. The Balaban J connectivity index is 1.48. The smallest absolute Gasteiger partial charge is 0.450 e. The summed E-state index contributed by atoms with van der Waals surface area (Å²) in [6, 6.07) is -0.263. The standard InChI is InChI=1S/C42H69N5O6/c1-25(2)26(3)37(7)18-19-39(9)27-14-15-30-38(8)21-51-23-42(30,28(27)16-17-40(39,10)34(37)53-35(49)50)20-29(47-32(33(48)43-12)45-24-46-47)31(38)52-22-41(11,44-13)36(4,5)6/h16,24-27,29-31,34,44H,14-15,17-23H2,1-13H3,(H,43,48)(H,49,50)/t26-,27+,29-,30+,31+,34-,37-,38-,39-,40-,41+,42+/m1/s1. The number of allylic oxidation sites excluding steroid dienone is 1. The van der Waals surface area contributed by atoms with Gasteiger partial charge in [-0.25, -0.2) is 14.5 Å². The van der Waals surface area contributed by atoms with Gasteiger partial charge in [0.25, 0.3) is 5.91 Å². The van der Waals surface area contributed by atoms with E-state index >= 15 is 0 Å². The van der Waals surface area contributed by atoms with Gasteiger partial charge in [-0.2, -0.15) is 5.10 Å². The Hall–Kier alpha value is -2.50. The summed E-state index contributed by atoms with van der Waals surface area (Å²) in [5.41, 5.74) is -0.488. The second-order valence-corrected chi connectivity index (χ2v) is 20.3. The molecule has 0 unspecified atom stereocenters. The molecule has 1 amide bonds. The molecule has 3 saturated carbocycles. The van der Waals surface area contributed by atoms with Crippen LogP contribution in [0.25, 0.3) is 0 Å². The number of nitrogens with zero attached hydrogens (tertiary/aromatic N) is 3. The van der Waals surface area contributed by atoms with Crippen molar-refractivity contribution in [3.63, 3.8) is 0 Å². The fourth-order valence-corrected chi connectivity index (χ4v) is 12.5. The van der Waals surface area contributed by atoms with Crippen LogP contribution in [0.4, 0.5) is 4.79 Å². The van der Waals surface area contributed by atoms with Crippen molar-refractivity contribution in [1.82, 2.24) is 25.4 Å². The van der Waals surface area contributed by atoms with Gasteiger partial charge in [0.05, 0.1) is 32.0 Å². The Labute approximate surface area is 318 Å². The number of carboxylic acid groups (broad SMARTS) is 1. The van der Waals surface area contributed by atoms with Crippen LogP contribution in [0.5, 0.6) is 0 Å². The zero-order chi connectivity index (χ0) is 39.2. The zero-order valence-electron chi connectivity index (χ0n) is 34.9. The number of aromatic nitrogens is 3. The van der Waals surface area contributed by atoms with Crippen LogP contribution in [0.15, 0.2) is 18.0 Å². The Morgan fingerprint density at radius 3 is 2.36 bits per heavy atom. The van der Waals surface area contributed by atoms with Gasteiger partial charge in [-0.1, -0.05) is 80.9 Å². The van der Waals surface area contributed by atoms with Crippen LogP contribution in [0.3, 0.4) is 0 Å². The van der Waals surface area contributed by atoms with Gasteiger partial charge in [0, 0.05) is 34.2 Å². The summed E-state index contributed by atoms with van der Waals surface area (Å²) < 4.78 is 21.9. The minimum absolute atomic E-state index is 0.0849. The number of likely N-dealkylation sites (N-methyl/N-ethyl adjacent to an activating group) is 1. The van der Waals surface area contributed by atoms with Crippen molar-refractivity contribution in [1.29, 1.82) is 0 Å². The van der Waals surface area contributed by atoms with Crippen LogP contribution in [-0.2, 0) is 14.2 Å². The number of fused-ring (bicyclic) bond motifs is 3. The average Bonchev–Trinajstić information content (AvgIpc) is 3.58. The Morgan fingerprint density at radius 2 is 1.75 bits per heavy atom. The molecule has 0 aromatic carbocycles. The Morgan fingerprint density at radius 1 is 1.06 bits per heavy atom. The lowest BCUT2D eigenvalue weighted by Gasteiger charge is -2.71. The van der Waals surface area contributed by atoms with E-state index in [-0.39, 0.29) is 67.9 Å². The highest BCUT2D eigenvalue weighted by Gasteiger charge is 2.72. The molecule has 6 rings (SSSR count). The van der Waals surface area contributed by atoms with E-state index in [2.05, 4.69) is 97.9 Å². The summed E-state index contributed by atoms with van der Waals surface area (Å²) in [5, 5.41) is 21.3. The van der Waals surface area contributed by atoms with Crippen LogP contribution in [-0.4, -0.2) is 83.6 Å². The average molecular weight is 740 g/mol. The Kier molecular flexibility index (Phi) is 10.1. The molecule has 1 saturated heterocycles. The molecule has 5 aliphatic rings. The van der Waals surface area contributed by atoms with E-state index in [0.717, 1.165) is 32.1 Å². The normalized spacial score (nSPS) is 41.2. The lowest BCUT2D eigenvalue weighted by Crippen LogP contribution is -2.70. The second kappa shape index (κ2) is 13.3. The number of nitrogens with one attached hydrogen (secondary N) is 2. The van der Waals surface area contributed by atoms with Crippen molar-refractivity contribution in [3.8, 4) is 0 Å². The van der Waals surface area contributed by atoms with Gasteiger partial charge in [0.15, 0.2) is 0 Å². The molecule has 4 fully saturated rings. The number of hydrogen-bond acceptors (Lipinski definition) is 8. The third-order valence-corrected chi connectivity index (χ3v) is 17.0. The maximum atomic E-state index is 13.3. The van der Waals surface area contributed by atoms with Crippen LogP contribution in [0.2, 0.25) is 0 Å². The largest absolute Gasteiger partial charge is 0.506 e. The predicted octanol–water partition coefficient (Wildman–Crippen LogP) is 7.54. The third-order valence-electron chi connectivity index (χ3n) is 17.0. The summed E-state index contributed by atoms with van der Waals surface area (Å²) >= 11 is 0. The minimum Gasteiger partial charge on any atom is -0.450 e. The van der Waals surface area contributed by atoms with Crippen molar-refractivity contribution in [3.05, 3.63) is 23.8 Å². The van der Waals surface area contributed by atoms with E-state index in [1.54, 1.807) is 7.05 Å². The quantitative estimate of drug-likeness (QED) is 0.173. The summed E-state index contributed by atoms with van der Waals surface area (Å²) in [6.07, 6.45) is 7.48. The molecule has 0 spiro atoms. The highest BCUT2D eigenvalue weighted by Crippen LogP contribution is 2.74. The molecule has 0 radical (unpaired) electrons. The summed E-state index contributed by atoms with van der Waals surface area (Å²) in [7, 11) is 3.63. The van der Waals surface area contributed by atoms with Crippen LogP contribution in [0.1, 0.15) is 131 Å². The van der Waals surface area contributed by atoms with Gasteiger partial charge in [0.1, 0.15) is 12.4 Å². The summed E-state index contributed by atoms with van der Waals surface area (Å²) in [5.74, 6) is 1.24. The molecule has 4 aliphatic carbocycles. The highest BCUT2D eigenvalue weighted by atomic mass is 16.7. The molecular weight excluding hydrogens is 670 g/mol. The van der Waals surface area contributed by atoms with Gasteiger partial charge in [-0.05, 0) is 87.0 Å². The fourth-order valence-electron chi connectivity index (χ4n) is 12.5. The Bertz CT molecular complexity index is 1600. The first-order chi connectivity index (χ1) is 24.6. The first-order valence-corrected chi connectivity index (χ1v) is 20.2. The van der Waals surface area contributed by atoms with E-state index in [4.69, 9.17) is 19.3 Å². The van der Waals surface area contributed by atoms with E-state index in [0.29, 0.717) is 43.9 Å². The van der Waals surface area contributed by atoms with Crippen LogP contribution < -0.4 is 10.6 Å². The molecule has 12 atom stereocenters. The van der Waals surface area contributed by atoms with E-state index in [1.807, 2.05) is 11.7 Å². The van der Waals surface area contributed by atoms with Gasteiger partial charge in [-0.3, -0.25) is 4.79 Å². The van der Waals surface area contributed by atoms with Crippen LogP contribution in [0, 0.1) is 56.2 Å². The predicted molar refractivity (Wildman–Crippen MR) is 204 cm³/mol. The molecule has 2 heterocycles. The van der Waals surface area contributed by atoms with E-state index in [9.17, 15) is 14.7 Å². The first kappa shape index (κ1) is 40.2. The number of rotatable bonds is 9.